The third kappa shape index (κ3) is 5.64. The number of benzene rings is 1. The molecule has 2 unspecified atom stereocenters. The van der Waals surface area contributed by atoms with Gasteiger partial charge in [0.05, 0.1) is 0 Å². The van der Waals surface area contributed by atoms with Crippen molar-refractivity contribution < 1.29 is 0 Å². The van der Waals surface area contributed by atoms with Gasteiger partial charge in [-0.05, 0) is 37.1 Å². The molecule has 1 nitrogen and oxygen atoms in total. The number of nitrogens with one attached hydrogen (secondary N) is 1. The molecule has 0 aromatic heterocycles. The molecule has 1 rings (SSSR count). The number of hydrogen-bond acceptors (Lipinski definition) is 2. The molecule has 0 aliphatic carbocycles. The molecular formula is C15H24ClNS. The second-order valence-electron chi connectivity index (χ2n) is 4.71. The second-order valence-corrected chi connectivity index (χ2v) is 6.24. The number of halogens is 1. The van der Waals surface area contributed by atoms with Crippen molar-refractivity contribution in [3.63, 3.8) is 0 Å². The third-order valence-corrected chi connectivity index (χ3v) is 4.56. The Hall–Kier alpha value is -0.180. The Balaban J connectivity index is 2.50. The lowest BCUT2D eigenvalue weighted by Crippen LogP contribution is -2.37. The smallest absolute Gasteiger partial charge is 0.0417 e. The number of hydrogen-bond donors (Lipinski definition) is 1. The normalized spacial score (nSPS) is 14.4. The van der Waals surface area contributed by atoms with Gasteiger partial charge in [-0.15, -0.1) is 11.8 Å². The van der Waals surface area contributed by atoms with Crippen molar-refractivity contribution in [2.45, 2.75) is 44.6 Å². The molecule has 0 heterocycles. The van der Waals surface area contributed by atoms with Crippen LogP contribution in [0.4, 0.5) is 0 Å². The van der Waals surface area contributed by atoms with Crippen LogP contribution in [-0.4, -0.2) is 18.3 Å². The van der Waals surface area contributed by atoms with E-state index >= 15 is 0 Å². The first-order chi connectivity index (χ1) is 8.67. The van der Waals surface area contributed by atoms with Crippen LogP contribution in [0.1, 0.15) is 33.6 Å². The van der Waals surface area contributed by atoms with E-state index in [1.54, 1.807) is 0 Å². The number of rotatable bonds is 8. The van der Waals surface area contributed by atoms with Gasteiger partial charge in [0.25, 0.3) is 0 Å². The van der Waals surface area contributed by atoms with Crippen molar-refractivity contribution >= 4 is 23.4 Å². The van der Waals surface area contributed by atoms with Gasteiger partial charge in [-0.25, -0.2) is 0 Å². The SMILES string of the molecule is CCCNC(CSc1cccc(Cl)c1)C(C)CC. The van der Waals surface area contributed by atoms with Gasteiger partial charge in [-0.1, -0.05) is 44.9 Å². The summed E-state index contributed by atoms with van der Waals surface area (Å²) in [7, 11) is 0. The minimum Gasteiger partial charge on any atom is -0.313 e. The van der Waals surface area contributed by atoms with E-state index in [0.29, 0.717) is 12.0 Å². The topological polar surface area (TPSA) is 12.0 Å². The molecule has 0 radical (unpaired) electrons. The van der Waals surface area contributed by atoms with E-state index in [2.05, 4.69) is 32.2 Å². The molecule has 0 spiro atoms. The average Bonchev–Trinajstić information content (AvgIpc) is 2.38. The molecule has 0 fully saturated rings. The maximum absolute atomic E-state index is 6.00. The molecule has 1 aromatic carbocycles. The highest BCUT2D eigenvalue weighted by molar-refractivity contribution is 7.99. The Morgan fingerprint density at radius 1 is 1.33 bits per heavy atom. The van der Waals surface area contributed by atoms with Crippen molar-refractivity contribution in [2.75, 3.05) is 12.3 Å². The summed E-state index contributed by atoms with van der Waals surface area (Å²) in [6.45, 7) is 7.90. The predicted octanol–water partition coefficient (Wildman–Crippen LogP) is 4.85. The highest BCUT2D eigenvalue weighted by atomic mass is 35.5. The van der Waals surface area contributed by atoms with E-state index in [9.17, 15) is 0 Å². The Morgan fingerprint density at radius 2 is 2.11 bits per heavy atom. The minimum atomic E-state index is 0.582. The maximum atomic E-state index is 6.00. The van der Waals surface area contributed by atoms with Gasteiger partial charge in [0.1, 0.15) is 0 Å². The molecule has 1 N–H and O–H groups in total. The van der Waals surface area contributed by atoms with Gasteiger partial charge in [-0.2, -0.15) is 0 Å². The third-order valence-electron chi connectivity index (χ3n) is 3.21. The summed E-state index contributed by atoms with van der Waals surface area (Å²) in [4.78, 5) is 1.26. The average molecular weight is 286 g/mol. The van der Waals surface area contributed by atoms with Crippen LogP contribution in [0.25, 0.3) is 0 Å². The summed E-state index contributed by atoms with van der Waals surface area (Å²) in [5, 5.41) is 4.47. The summed E-state index contributed by atoms with van der Waals surface area (Å²) < 4.78 is 0. The van der Waals surface area contributed by atoms with E-state index in [4.69, 9.17) is 11.6 Å². The summed E-state index contributed by atoms with van der Waals surface area (Å²) in [5.74, 6) is 1.82. The van der Waals surface area contributed by atoms with Crippen LogP contribution >= 0.6 is 23.4 Å². The zero-order valence-corrected chi connectivity index (χ0v) is 13.2. The minimum absolute atomic E-state index is 0.582. The van der Waals surface area contributed by atoms with Crippen molar-refractivity contribution in [1.82, 2.24) is 5.32 Å². The van der Waals surface area contributed by atoms with Crippen molar-refractivity contribution in [1.29, 1.82) is 0 Å². The van der Waals surface area contributed by atoms with Crippen molar-refractivity contribution in [3.8, 4) is 0 Å². The second kappa shape index (κ2) is 8.84. The first kappa shape index (κ1) is 15.9. The van der Waals surface area contributed by atoms with Gasteiger partial charge in [-0.3, -0.25) is 0 Å². The fraction of sp³-hybridized carbons (Fsp3) is 0.600. The summed E-state index contributed by atoms with van der Waals surface area (Å²) in [6, 6.07) is 8.69. The van der Waals surface area contributed by atoms with Crippen LogP contribution in [-0.2, 0) is 0 Å². The monoisotopic (exact) mass is 285 g/mol. The molecule has 1 aromatic rings. The molecule has 2 atom stereocenters. The highest BCUT2D eigenvalue weighted by Crippen LogP contribution is 2.24. The van der Waals surface area contributed by atoms with E-state index in [0.717, 1.165) is 17.3 Å². The maximum Gasteiger partial charge on any atom is 0.0417 e. The molecule has 0 saturated heterocycles. The Bertz CT molecular complexity index is 343. The molecule has 18 heavy (non-hydrogen) atoms. The number of thioether (sulfide) groups is 1. The van der Waals surface area contributed by atoms with Gasteiger partial charge in [0, 0.05) is 21.7 Å². The first-order valence-corrected chi connectivity index (χ1v) is 8.15. The van der Waals surface area contributed by atoms with Crippen LogP contribution in [0.3, 0.4) is 0 Å². The largest absolute Gasteiger partial charge is 0.313 e. The van der Waals surface area contributed by atoms with Crippen molar-refractivity contribution in [2.24, 2.45) is 5.92 Å². The van der Waals surface area contributed by atoms with E-state index in [-0.39, 0.29) is 0 Å². The fourth-order valence-electron chi connectivity index (χ4n) is 1.78. The van der Waals surface area contributed by atoms with Gasteiger partial charge in [0.15, 0.2) is 0 Å². The van der Waals surface area contributed by atoms with E-state index in [1.165, 1.54) is 17.7 Å². The molecule has 0 aliphatic rings. The van der Waals surface area contributed by atoms with Crippen LogP contribution in [0, 0.1) is 5.92 Å². The molecule has 0 bridgehead atoms. The molecule has 102 valence electrons. The lowest BCUT2D eigenvalue weighted by molar-refractivity contribution is 0.397. The standard InChI is InChI=1S/C15H24ClNS/c1-4-9-17-15(12(3)5-2)11-18-14-8-6-7-13(16)10-14/h6-8,10,12,15,17H,4-5,9,11H2,1-3H3. The van der Waals surface area contributed by atoms with Gasteiger partial charge >= 0.3 is 0 Å². The summed E-state index contributed by atoms with van der Waals surface area (Å²) >= 11 is 7.89. The molecule has 0 aliphatic heterocycles. The van der Waals surface area contributed by atoms with Crippen LogP contribution in [0.2, 0.25) is 5.02 Å². The summed E-state index contributed by atoms with van der Waals surface area (Å²) in [6.07, 6.45) is 2.41. The van der Waals surface area contributed by atoms with Crippen LogP contribution < -0.4 is 5.32 Å². The van der Waals surface area contributed by atoms with Crippen LogP contribution in [0.15, 0.2) is 29.2 Å². The Labute approximate surface area is 121 Å². The predicted molar refractivity (Wildman–Crippen MR) is 83.7 cm³/mol. The Kier molecular flexibility index (Phi) is 7.80. The van der Waals surface area contributed by atoms with E-state index in [1.807, 2.05) is 30.0 Å². The van der Waals surface area contributed by atoms with Gasteiger partial charge in [0.2, 0.25) is 0 Å². The highest BCUT2D eigenvalue weighted by Gasteiger charge is 2.15. The Morgan fingerprint density at radius 3 is 2.72 bits per heavy atom. The summed E-state index contributed by atoms with van der Waals surface area (Å²) in [5.41, 5.74) is 0. The lowest BCUT2D eigenvalue weighted by Gasteiger charge is -2.24. The molecule has 0 amide bonds. The fourth-order valence-corrected chi connectivity index (χ4v) is 3.24. The molecular weight excluding hydrogens is 262 g/mol. The lowest BCUT2D eigenvalue weighted by atomic mass is 10.0. The molecule has 0 saturated carbocycles. The van der Waals surface area contributed by atoms with Crippen LogP contribution in [0.5, 0.6) is 0 Å². The van der Waals surface area contributed by atoms with E-state index < -0.39 is 0 Å². The first-order valence-electron chi connectivity index (χ1n) is 6.79. The van der Waals surface area contributed by atoms with Crippen molar-refractivity contribution in [3.05, 3.63) is 29.3 Å². The zero-order chi connectivity index (χ0) is 13.4. The zero-order valence-electron chi connectivity index (χ0n) is 11.6. The molecule has 3 heteroatoms. The van der Waals surface area contributed by atoms with Gasteiger partial charge < -0.3 is 5.32 Å². The quantitative estimate of drug-likeness (QED) is 0.686.